The number of hydrogen-bond donors (Lipinski definition) is 0. The fourth-order valence-electron chi connectivity index (χ4n) is 2.54. The molecule has 0 aliphatic rings. The SMILES string of the molecule is [NH-]Cc1cc(-c2ccc(C(F)(F)F)cc2)nc(S(=O)(=O)Cc2ccccc2)n1. The topological polar surface area (TPSA) is 83.7 Å². The Morgan fingerprint density at radius 2 is 1.57 bits per heavy atom. The smallest absolute Gasteiger partial charge is 0.416 e. The van der Waals surface area contributed by atoms with Crippen LogP contribution in [0.15, 0.2) is 65.8 Å². The molecule has 0 atom stereocenters. The van der Waals surface area contributed by atoms with E-state index in [4.69, 9.17) is 5.73 Å². The number of halogens is 3. The molecule has 0 unspecified atom stereocenters. The van der Waals surface area contributed by atoms with Crippen LogP contribution < -0.4 is 0 Å². The van der Waals surface area contributed by atoms with Crippen molar-refractivity contribution in [2.45, 2.75) is 23.6 Å². The first-order valence-electron chi connectivity index (χ1n) is 8.16. The maximum atomic E-state index is 12.7. The van der Waals surface area contributed by atoms with Crippen LogP contribution in [-0.2, 0) is 28.3 Å². The van der Waals surface area contributed by atoms with Crippen molar-refractivity contribution in [2.75, 3.05) is 0 Å². The third-order valence-electron chi connectivity index (χ3n) is 3.93. The van der Waals surface area contributed by atoms with Crippen LogP contribution in [0.25, 0.3) is 17.0 Å². The average Bonchev–Trinajstić information content (AvgIpc) is 2.67. The van der Waals surface area contributed by atoms with E-state index in [2.05, 4.69) is 9.97 Å². The second kappa shape index (κ2) is 7.69. The van der Waals surface area contributed by atoms with Crippen molar-refractivity contribution in [1.29, 1.82) is 0 Å². The zero-order chi connectivity index (χ0) is 20.4. The Bertz CT molecular complexity index is 1070. The first-order chi connectivity index (χ1) is 13.2. The first kappa shape index (κ1) is 20.0. The van der Waals surface area contributed by atoms with Crippen molar-refractivity contribution in [3.05, 3.63) is 83.2 Å². The van der Waals surface area contributed by atoms with Gasteiger partial charge in [0.15, 0.2) is 0 Å². The summed E-state index contributed by atoms with van der Waals surface area (Å²) in [4.78, 5) is 7.98. The van der Waals surface area contributed by atoms with E-state index in [1.165, 1.54) is 18.2 Å². The van der Waals surface area contributed by atoms with Gasteiger partial charge in [0, 0.05) is 11.3 Å². The van der Waals surface area contributed by atoms with Gasteiger partial charge in [0.1, 0.15) is 0 Å². The van der Waals surface area contributed by atoms with Gasteiger partial charge in [-0.25, -0.2) is 18.4 Å². The molecule has 0 bridgehead atoms. The van der Waals surface area contributed by atoms with E-state index < -0.39 is 26.7 Å². The zero-order valence-corrected chi connectivity index (χ0v) is 15.3. The van der Waals surface area contributed by atoms with Gasteiger partial charge in [-0.2, -0.15) is 13.2 Å². The van der Waals surface area contributed by atoms with Gasteiger partial charge in [-0.1, -0.05) is 42.5 Å². The lowest BCUT2D eigenvalue weighted by molar-refractivity contribution is -0.137. The summed E-state index contributed by atoms with van der Waals surface area (Å²) in [6, 6.07) is 14.1. The van der Waals surface area contributed by atoms with E-state index in [1.54, 1.807) is 30.3 Å². The number of alkyl halides is 3. The maximum absolute atomic E-state index is 12.7. The van der Waals surface area contributed by atoms with Gasteiger partial charge in [0.05, 0.1) is 17.0 Å². The number of benzene rings is 2. The molecule has 0 aliphatic carbocycles. The van der Waals surface area contributed by atoms with Crippen LogP contribution in [0.5, 0.6) is 0 Å². The van der Waals surface area contributed by atoms with Crippen LogP contribution >= 0.6 is 0 Å². The van der Waals surface area contributed by atoms with Crippen LogP contribution in [0, 0.1) is 0 Å². The van der Waals surface area contributed by atoms with Crippen LogP contribution in [0.4, 0.5) is 13.2 Å². The van der Waals surface area contributed by atoms with Crippen molar-refractivity contribution in [3.8, 4) is 11.3 Å². The molecule has 0 fully saturated rings. The molecule has 2 aromatic carbocycles. The highest BCUT2D eigenvalue weighted by atomic mass is 32.2. The predicted octanol–water partition coefficient (Wildman–Crippen LogP) is 4.69. The molecule has 0 aliphatic heterocycles. The molecule has 1 aromatic heterocycles. The summed E-state index contributed by atoms with van der Waals surface area (Å²) < 4.78 is 63.6. The fourth-order valence-corrected chi connectivity index (χ4v) is 3.79. The molecule has 0 spiro atoms. The van der Waals surface area contributed by atoms with Gasteiger partial charge in [-0.05, 0) is 23.8 Å². The maximum Gasteiger partial charge on any atom is 0.416 e. The Hall–Kier alpha value is -2.78. The highest BCUT2D eigenvalue weighted by Gasteiger charge is 2.30. The Kier molecular flexibility index (Phi) is 5.48. The predicted molar refractivity (Wildman–Crippen MR) is 97.8 cm³/mol. The quantitative estimate of drug-likeness (QED) is 0.576. The highest BCUT2D eigenvalue weighted by molar-refractivity contribution is 7.90. The lowest BCUT2D eigenvalue weighted by Gasteiger charge is -2.11. The summed E-state index contributed by atoms with van der Waals surface area (Å²) in [7, 11) is -3.89. The average molecular weight is 406 g/mol. The lowest BCUT2D eigenvalue weighted by Crippen LogP contribution is -2.11. The Labute approximate surface area is 160 Å². The van der Waals surface area contributed by atoms with Gasteiger partial charge in [-0.3, -0.25) is 0 Å². The van der Waals surface area contributed by atoms with E-state index >= 15 is 0 Å². The summed E-state index contributed by atoms with van der Waals surface area (Å²) in [5.41, 5.74) is 7.87. The normalized spacial score (nSPS) is 12.1. The fraction of sp³-hybridized carbons (Fsp3) is 0.158. The van der Waals surface area contributed by atoms with Crippen molar-refractivity contribution in [1.82, 2.24) is 9.97 Å². The summed E-state index contributed by atoms with van der Waals surface area (Å²) in [5, 5.41) is -0.448. The Morgan fingerprint density at radius 3 is 2.14 bits per heavy atom. The second-order valence-corrected chi connectivity index (χ2v) is 7.91. The molecule has 5 nitrogen and oxygen atoms in total. The molecule has 1 N–H and O–H groups in total. The van der Waals surface area contributed by atoms with Crippen molar-refractivity contribution >= 4 is 9.84 Å². The molecule has 3 rings (SSSR count). The molecule has 0 radical (unpaired) electrons. The summed E-state index contributed by atoms with van der Waals surface area (Å²) in [6.07, 6.45) is -4.47. The van der Waals surface area contributed by atoms with E-state index in [9.17, 15) is 21.6 Å². The molecule has 28 heavy (non-hydrogen) atoms. The third-order valence-corrected chi connectivity index (χ3v) is 5.38. The van der Waals surface area contributed by atoms with Gasteiger partial charge >= 0.3 is 6.18 Å². The standard InChI is InChI=1S/C19H15F3N3O2S/c20-19(21,22)15-8-6-14(7-9-15)17-10-16(11-23)24-18(25-17)28(26,27)12-13-4-2-1-3-5-13/h1-10,23H,11-12H2/q-1. The summed E-state index contributed by atoms with van der Waals surface area (Å²) in [6.45, 7) is -0.288. The molecule has 0 saturated carbocycles. The number of nitrogens with zero attached hydrogens (tertiary/aromatic N) is 2. The van der Waals surface area contributed by atoms with Crippen LogP contribution in [0.2, 0.25) is 0 Å². The summed E-state index contributed by atoms with van der Waals surface area (Å²) in [5.74, 6) is -0.318. The lowest BCUT2D eigenvalue weighted by atomic mass is 10.1. The second-order valence-electron chi connectivity index (χ2n) is 6.02. The molecule has 146 valence electrons. The zero-order valence-electron chi connectivity index (χ0n) is 14.4. The number of sulfone groups is 1. The molecule has 0 saturated heterocycles. The molecule has 0 amide bonds. The van der Waals surface area contributed by atoms with Gasteiger partial charge in [-0.15, -0.1) is 6.54 Å². The van der Waals surface area contributed by atoms with Crippen molar-refractivity contribution in [2.24, 2.45) is 0 Å². The highest BCUT2D eigenvalue weighted by Crippen LogP contribution is 2.31. The van der Waals surface area contributed by atoms with E-state index in [-0.39, 0.29) is 23.7 Å². The van der Waals surface area contributed by atoms with E-state index in [0.29, 0.717) is 11.1 Å². The third kappa shape index (κ3) is 4.55. The van der Waals surface area contributed by atoms with Crippen LogP contribution in [-0.4, -0.2) is 18.4 Å². The van der Waals surface area contributed by atoms with Crippen molar-refractivity contribution < 1.29 is 21.6 Å². The number of hydrogen-bond acceptors (Lipinski definition) is 4. The number of aromatic nitrogens is 2. The number of nitrogens with one attached hydrogen (secondary N) is 1. The van der Waals surface area contributed by atoms with Gasteiger partial charge in [0.25, 0.3) is 0 Å². The van der Waals surface area contributed by atoms with Crippen LogP contribution in [0.3, 0.4) is 0 Å². The Balaban J connectivity index is 2.00. The Morgan fingerprint density at radius 1 is 0.929 bits per heavy atom. The summed E-state index contributed by atoms with van der Waals surface area (Å²) >= 11 is 0. The number of rotatable bonds is 5. The van der Waals surface area contributed by atoms with Crippen molar-refractivity contribution in [3.63, 3.8) is 0 Å². The monoisotopic (exact) mass is 406 g/mol. The minimum atomic E-state index is -4.47. The molecular weight excluding hydrogens is 391 g/mol. The molecule has 1 heterocycles. The van der Waals surface area contributed by atoms with Gasteiger partial charge in [0.2, 0.25) is 15.0 Å². The molecular formula is C19H15F3N3O2S-. The molecule has 9 heteroatoms. The minimum Gasteiger partial charge on any atom is -0.672 e. The first-order valence-corrected chi connectivity index (χ1v) is 9.81. The van der Waals surface area contributed by atoms with E-state index in [1.807, 2.05) is 0 Å². The van der Waals surface area contributed by atoms with Gasteiger partial charge < -0.3 is 5.73 Å². The molecule has 3 aromatic rings. The largest absolute Gasteiger partial charge is 0.672 e. The van der Waals surface area contributed by atoms with Crippen LogP contribution in [0.1, 0.15) is 16.8 Å². The van der Waals surface area contributed by atoms with E-state index in [0.717, 1.165) is 12.1 Å². The minimum absolute atomic E-state index is 0.151.